The molecule has 0 aliphatic heterocycles. The summed E-state index contributed by atoms with van der Waals surface area (Å²) in [5.74, 6) is -0.349. The summed E-state index contributed by atoms with van der Waals surface area (Å²) in [7, 11) is 0. The lowest BCUT2D eigenvalue weighted by Crippen LogP contribution is -1.94. The SMILES string of the molecule is C/C=C(\c1cncnc1)c1n[nH]c(=O)o1. The van der Waals surface area contributed by atoms with E-state index in [9.17, 15) is 4.79 Å². The highest BCUT2D eigenvalue weighted by Crippen LogP contribution is 2.18. The van der Waals surface area contributed by atoms with Crippen LogP contribution < -0.4 is 5.76 Å². The summed E-state index contributed by atoms with van der Waals surface area (Å²) in [6, 6.07) is 0. The minimum Gasteiger partial charge on any atom is -0.388 e. The van der Waals surface area contributed by atoms with Crippen molar-refractivity contribution >= 4 is 5.57 Å². The van der Waals surface area contributed by atoms with Gasteiger partial charge < -0.3 is 4.42 Å². The first-order chi connectivity index (χ1) is 7.31. The van der Waals surface area contributed by atoms with Crippen LogP contribution in [0.15, 0.2) is 34.0 Å². The first-order valence-corrected chi connectivity index (χ1v) is 4.29. The number of allylic oxidation sites excluding steroid dienone is 1. The summed E-state index contributed by atoms with van der Waals surface area (Å²) in [4.78, 5) is 18.6. The van der Waals surface area contributed by atoms with Crippen LogP contribution in [-0.2, 0) is 0 Å². The molecule has 0 saturated heterocycles. The van der Waals surface area contributed by atoms with Gasteiger partial charge in [0.05, 0.1) is 0 Å². The molecule has 0 atom stereocenters. The molecule has 0 aromatic carbocycles. The molecular formula is C9H8N4O2. The van der Waals surface area contributed by atoms with Gasteiger partial charge in [-0.1, -0.05) is 6.08 Å². The van der Waals surface area contributed by atoms with Crippen LogP contribution in [-0.4, -0.2) is 20.2 Å². The molecule has 1 N–H and O–H groups in total. The Morgan fingerprint density at radius 1 is 1.47 bits per heavy atom. The summed E-state index contributed by atoms with van der Waals surface area (Å²) in [6.07, 6.45) is 6.45. The second-order valence-electron chi connectivity index (χ2n) is 2.75. The van der Waals surface area contributed by atoms with Crippen LogP contribution in [0, 0.1) is 0 Å². The quantitative estimate of drug-likeness (QED) is 0.774. The van der Waals surface area contributed by atoms with Crippen molar-refractivity contribution in [2.45, 2.75) is 6.92 Å². The first kappa shape index (κ1) is 9.32. The van der Waals surface area contributed by atoms with Crippen molar-refractivity contribution in [3.05, 3.63) is 46.8 Å². The zero-order valence-electron chi connectivity index (χ0n) is 7.97. The predicted molar refractivity (Wildman–Crippen MR) is 51.9 cm³/mol. The van der Waals surface area contributed by atoms with E-state index in [0.717, 1.165) is 5.56 Å². The highest BCUT2D eigenvalue weighted by Gasteiger charge is 2.10. The summed E-state index contributed by atoms with van der Waals surface area (Å²) < 4.78 is 4.84. The number of aromatic amines is 1. The Labute approximate surface area is 84.7 Å². The maximum Gasteiger partial charge on any atom is 0.434 e. The van der Waals surface area contributed by atoms with Crippen LogP contribution in [0.5, 0.6) is 0 Å². The summed E-state index contributed by atoms with van der Waals surface area (Å²) in [5.41, 5.74) is 1.42. The molecule has 2 heterocycles. The maximum absolute atomic E-state index is 10.8. The van der Waals surface area contributed by atoms with Gasteiger partial charge in [-0.25, -0.2) is 19.9 Å². The van der Waals surface area contributed by atoms with Crippen LogP contribution >= 0.6 is 0 Å². The van der Waals surface area contributed by atoms with Crippen molar-refractivity contribution in [1.29, 1.82) is 0 Å². The maximum atomic E-state index is 10.8. The Morgan fingerprint density at radius 3 is 2.73 bits per heavy atom. The molecule has 2 rings (SSSR count). The Morgan fingerprint density at radius 2 is 2.20 bits per heavy atom. The van der Waals surface area contributed by atoms with Gasteiger partial charge >= 0.3 is 5.76 Å². The van der Waals surface area contributed by atoms with E-state index < -0.39 is 5.76 Å². The summed E-state index contributed by atoms with van der Waals surface area (Å²) >= 11 is 0. The van der Waals surface area contributed by atoms with Crippen LogP contribution in [0.2, 0.25) is 0 Å². The largest absolute Gasteiger partial charge is 0.434 e. The van der Waals surface area contributed by atoms with Crippen molar-refractivity contribution in [3.8, 4) is 0 Å². The second kappa shape index (κ2) is 3.87. The molecule has 0 amide bonds. The number of nitrogens with zero attached hydrogens (tertiary/aromatic N) is 3. The molecular weight excluding hydrogens is 196 g/mol. The molecule has 76 valence electrons. The minimum absolute atomic E-state index is 0.234. The molecule has 0 spiro atoms. The molecule has 0 unspecified atom stereocenters. The lowest BCUT2D eigenvalue weighted by Gasteiger charge is -1.99. The number of hydrogen-bond acceptors (Lipinski definition) is 5. The molecule has 0 aliphatic rings. The van der Waals surface area contributed by atoms with Gasteiger partial charge in [-0.3, -0.25) is 0 Å². The zero-order valence-corrected chi connectivity index (χ0v) is 7.97. The molecule has 6 heteroatoms. The number of H-pyrrole nitrogens is 1. The fourth-order valence-electron chi connectivity index (χ4n) is 1.20. The Balaban J connectivity index is 2.47. The van der Waals surface area contributed by atoms with Gasteiger partial charge in [0, 0.05) is 23.5 Å². The third-order valence-corrected chi connectivity index (χ3v) is 1.83. The smallest absolute Gasteiger partial charge is 0.388 e. The standard InChI is InChI=1S/C9H8N4O2/c1-2-7(6-3-10-5-11-4-6)8-12-13-9(14)15-8/h2-5H,1H3,(H,13,14)/b7-2+. The van der Waals surface area contributed by atoms with Crippen molar-refractivity contribution in [2.24, 2.45) is 0 Å². The first-order valence-electron chi connectivity index (χ1n) is 4.29. The van der Waals surface area contributed by atoms with E-state index in [4.69, 9.17) is 4.42 Å². The number of rotatable bonds is 2. The average molecular weight is 204 g/mol. The number of hydrogen-bond donors (Lipinski definition) is 1. The lowest BCUT2D eigenvalue weighted by molar-refractivity contribution is 0.500. The van der Waals surface area contributed by atoms with Gasteiger partial charge in [-0.15, -0.1) is 5.10 Å². The third-order valence-electron chi connectivity index (χ3n) is 1.83. The predicted octanol–water partition coefficient (Wildman–Crippen LogP) is 0.605. The molecule has 0 radical (unpaired) electrons. The minimum atomic E-state index is -0.582. The topological polar surface area (TPSA) is 84.7 Å². The van der Waals surface area contributed by atoms with Crippen LogP contribution in [0.4, 0.5) is 0 Å². The lowest BCUT2D eigenvalue weighted by atomic mass is 10.1. The molecule has 2 aromatic heterocycles. The Hall–Kier alpha value is -2.24. The second-order valence-corrected chi connectivity index (χ2v) is 2.75. The Kier molecular flexibility index (Phi) is 2.40. The fourth-order valence-corrected chi connectivity index (χ4v) is 1.20. The van der Waals surface area contributed by atoms with Gasteiger partial charge in [-0.05, 0) is 6.92 Å². The highest BCUT2D eigenvalue weighted by molar-refractivity contribution is 5.73. The van der Waals surface area contributed by atoms with E-state index in [1.807, 2.05) is 6.92 Å². The highest BCUT2D eigenvalue weighted by atomic mass is 16.4. The van der Waals surface area contributed by atoms with Crippen molar-refractivity contribution in [1.82, 2.24) is 20.2 Å². The Bertz CT molecular complexity index is 526. The molecule has 0 aliphatic carbocycles. The monoisotopic (exact) mass is 204 g/mol. The van der Waals surface area contributed by atoms with Gasteiger partial charge in [0.1, 0.15) is 6.33 Å². The van der Waals surface area contributed by atoms with E-state index in [1.165, 1.54) is 6.33 Å². The molecule has 0 bridgehead atoms. The molecule has 2 aromatic rings. The van der Waals surface area contributed by atoms with Crippen LogP contribution in [0.3, 0.4) is 0 Å². The van der Waals surface area contributed by atoms with E-state index in [0.29, 0.717) is 5.57 Å². The van der Waals surface area contributed by atoms with Gasteiger partial charge in [0.2, 0.25) is 5.89 Å². The zero-order chi connectivity index (χ0) is 10.7. The van der Waals surface area contributed by atoms with E-state index >= 15 is 0 Å². The normalized spacial score (nSPS) is 11.7. The molecule has 15 heavy (non-hydrogen) atoms. The van der Waals surface area contributed by atoms with Crippen LogP contribution in [0.1, 0.15) is 18.4 Å². The van der Waals surface area contributed by atoms with Gasteiger partial charge in [0.25, 0.3) is 0 Å². The van der Waals surface area contributed by atoms with Crippen LogP contribution in [0.25, 0.3) is 5.57 Å². The summed E-state index contributed by atoms with van der Waals surface area (Å²) in [6.45, 7) is 1.82. The number of nitrogens with one attached hydrogen (secondary N) is 1. The van der Waals surface area contributed by atoms with Gasteiger partial charge in [-0.2, -0.15) is 0 Å². The van der Waals surface area contributed by atoms with E-state index in [2.05, 4.69) is 20.2 Å². The molecule has 6 nitrogen and oxygen atoms in total. The third kappa shape index (κ3) is 1.83. The van der Waals surface area contributed by atoms with Gasteiger partial charge in [0.15, 0.2) is 0 Å². The summed E-state index contributed by atoms with van der Waals surface area (Å²) in [5, 5.41) is 5.93. The van der Waals surface area contributed by atoms with E-state index in [1.54, 1.807) is 18.5 Å². The van der Waals surface area contributed by atoms with Crippen molar-refractivity contribution in [3.63, 3.8) is 0 Å². The number of aromatic nitrogens is 4. The van der Waals surface area contributed by atoms with Crippen molar-refractivity contribution < 1.29 is 4.42 Å². The fraction of sp³-hybridized carbons (Fsp3) is 0.111. The molecule has 0 saturated carbocycles. The molecule has 0 fully saturated rings. The average Bonchev–Trinajstić information content (AvgIpc) is 2.68. The van der Waals surface area contributed by atoms with Crippen molar-refractivity contribution in [2.75, 3.05) is 0 Å². The van der Waals surface area contributed by atoms with E-state index in [-0.39, 0.29) is 5.89 Å².